The second-order valence-corrected chi connectivity index (χ2v) is 5.51. The number of aryl methyl sites for hydroxylation is 2. The fraction of sp³-hybridized carbons (Fsp3) is 0.222. The Morgan fingerprint density at radius 3 is 2.71 bits per heavy atom. The molecular weight excluding hydrogens is 258 g/mol. The van der Waals surface area contributed by atoms with Crippen LogP contribution in [0.4, 0.5) is 0 Å². The number of pyridine rings is 2. The molecule has 0 aliphatic heterocycles. The van der Waals surface area contributed by atoms with Crippen LogP contribution in [0.3, 0.4) is 0 Å². The number of para-hydroxylation sites is 1. The monoisotopic (exact) mass is 277 g/mol. The van der Waals surface area contributed by atoms with E-state index < -0.39 is 0 Å². The molecule has 3 nitrogen and oxygen atoms in total. The Morgan fingerprint density at radius 2 is 1.90 bits per heavy atom. The summed E-state index contributed by atoms with van der Waals surface area (Å²) in [4.78, 5) is 8.91. The quantitative estimate of drug-likeness (QED) is 0.797. The van der Waals surface area contributed by atoms with Gasteiger partial charge in [-0.15, -0.1) is 0 Å². The number of hydrogen-bond donors (Lipinski definition) is 1. The Labute approximate surface area is 124 Å². The lowest BCUT2D eigenvalue weighted by Crippen LogP contribution is -2.16. The molecule has 2 heterocycles. The summed E-state index contributed by atoms with van der Waals surface area (Å²) >= 11 is 0. The highest BCUT2D eigenvalue weighted by Gasteiger charge is 2.13. The summed E-state index contributed by atoms with van der Waals surface area (Å²) in [7, 11) is 0. The van der Waals surface area contributed by atoms with Crippen molar-refractivity contribution in [1.29, 1.82) is 0 Å². The van der Waals surface area contributed by atoms with Crippen molar-refractivity contribution in [3.8, 4) is 0 Å². The maximum atomic E-state index is 6.39. The van der Waals surface area contributed by atoms with E-state index in [2.05, 4.69) is 29.0 Å². The van der Waals surface area contributed by atoms with Crippen molar-refractivity contribution < 1.29 is 0 Å². The predicted octanol–water partition coefficient (Wildman–Crippen LogP) is 3.49. The lowest BCUT2D eigenvalue weighted by molar-refractivity contribution is 0.692. The predicted molar refractivity (Wildman–Crippen MR) is 86.1 cm³/mol. The third kappa shape index (κ3) is 2.78. The summed E-state index contributed by atoms with van der Waals surface area (Å²) in [6, 6.07) is 12.2. The SMILES string of the molecule is Cc1cnc(C(N)Cc2ccnc3ccccc23)c(C)c1. The summed E-state index contributed by atoms with van der Waals surface area (Å²) in [5.41, 5.74) is 11.9. The fourth-order valence-corrected chi connectivity index (χ4v) is 2.78. The van der Waals surface area contributed by atoms with Crippen LogP contribution in [0.15, 0.2) is 48.8 Å². The number of rotatable bonds is 3. The molecule has 0 fully saturated rings. The molecule has 0 aliphatic rings. The molecule has 2 N–H and O–H groups in total. The molecule has 1 unspecified atom stereocenters. The standard InChI is InChI=1S/C18H19N3/c1-12-9-13(2)18(21-11-12)16(19)10-14-7-8-20-17-6-4-3-5-15(14)17/h3-9,11,16H,10,19H2,1-2H3. The summed E-state index contributed by atoms with van der Waals surface area (Å²) < 4.78 is 0. The number of aromatic nitrogens is 2. The number of benzene rings is 1. The molecule has 2 aromatic heterocycles. The summed E-state index contributed by atoms with van der Waals surface area (Å²) in [6.45, 7) is 4.12. The summed E-state index contributed by atoms with van der Waals surface area (Å²) in [6.07, 6.45) is 4.49. The van der Waals surface area contributed by atoms with Crippen LogP contribution >= 0.6 is 0 Å². The molecule has 0 saturated carbocycles. The third-order valence-electron chi connectivity index (χ3n) is 3.79. The van der Waals surface area contributed by atoms with Crippen LogP contribution in [0, 0.1) is 13.8 Å². The zero-order valence-electron chi connectivity index (χ0n) is 12.4. The van der Waals surface area contributed by atoms with Crippen molar-refractivity contribution >= 4 is 10.9 Å². The molecule has 0 spiro atoms. The van der Waals surface area contributed by atoms with E-state index in [1.54, 1.807) is 0 Å². The van der Waals surface area contributed by atoms with Crippen molar-refractivity contribution in [2.75, 3.05) is 0 Å². The Bertz CT molecular complexity index is 775. The van der Waals surface area contributed by atoms with E-state index in [4.69, 9.17) is 5.73 Å². The zero-order valence-corrected chi connectivity index (χ0v) is 12.4. The van der Waals surface area contributed by atoms with Gasteiger partial charge < -0.3 is 5.73 Å². The number of fused-ring (bicyclic) bond motifs is 1. The highest BCUT2D eigenvalue weighted by molar-refractivity contribution is 5.81. The third-order valence-corrected chi connectivity index (χ3v) is 3.79. The maximum Gasteiger partial charge on any atom is 0.0704 e. The maximum absolute atomic E-state index is 6.39. The molecule has 1 aromatic carbocycles. The summed E-state index contributed by atoms with van der Waals surface area (Å²) in [5, 5.41) is 1.17. The van der Waals surface area contributed by atoms with Crippen molar-refractivity contribution in [3.63, 3.8) is 0 Å². The molecule has 3 aromatic rings. The second kappa shape index (κ2) is 5.62. The molecule has 0 amide bonds. The van der Waals surface area contributed by atoms with E-state index in [-0.39, 0.29) is 6.04 Å². The Hall–Kier alpha value is -2.26. The van der Waals surface area contributed by atoms with Crippen molar-refractivity contribution in [3.05, 3.63) is 71.2 Å². The minimum Gasteiger partial charge on any atom is -0.322 e. The van der Waals surface area contributed by atoms with E-state index >= 15 is 0 Å². The van der Waals surface area contributed by atoms with Gasteiger partial charge in [0.2, 0.25) is 0 Å². The first-order valence-electron chi connectivity index (χ1n) is 7.16. The summed E-state index contributed by atoms with van der Waals surface area (Å²) in [5.74, 6) is 0. The van der Waals surface area contributed by atoms with Crippen LogP contribution < -0.4 is 5.73 Å². The number of nitrogens with two attached hydrogens (primary N) is 1. The first-order valence-corrected chi connectivity index (χ1v) is 7.16. The topological polar surface area (TPSA) is 51.8 Å². The smallest absolute Gasteiger partial charge is 0.0704 e. The minimum absolute atomic E-state index is 0.101. The van der Waals surface area contributed by atoms with Crippen molar-refractivity contribution in [2.45, 2.75) is 26.3 Å². The lowest BCUT2D eigenvalue weighted by Gasteiger charge is -2.15. The van der Waals surface area contributed by atoms with Gasteiger partial charge in [0.1, 0.15) is 0 Å². The average Bonchev–Trinajstić information content (AvgIpc) is 2.47. The van der Waals surface area contributed by atoms with E-state index in [0.29, 0.717) is 0 Å². The molecule has 21 heavy (non-hydrogen) atoms. The molecule has 106 valence electrons. The van der Waals surface area contributed by atoms with Crippen molar-refractivity contribution in [2.24, 2.45) is 5.73 Å². The van der Waals surface area contributed by atoms with Gasteiger partial charge >= 0.3 is 0 Å². The molecule has 0 aliphatic carbocycles. The van der Waals surface area contributed by atoms with Gasteiger partial charge in [-0.3, -0.25) is 9.97 Å². The van der Waals surface area contributed by atoms with E-state index in [9.17, 15) is 0 Å². The largest absolute Gasteiger partial charge is 0.322 e. The molecule has 0 saturated heterocycles. The molecule has 0 bridgehead atoms. The van der Waals surface area contributed by atoms with Gasteiger partial charge in [0.05, 0.1) is 17.3 Å². The van der Waals surface area contributed by atoms with E-state index in [0.717, 1.165) is 28.8 Å². The average molecular weight is 277 g/mol. The van der Waals surface area contributed by atoms with Gasteiger partial charge in [-0.25, -0.2) is 0 Å². The van der Waals surface area contributed by atoms with Crippen LogP contribution in [0.25, 0.3) is 10.9 Å². The molecular formula is C18H19N3. The highest BCUT2D eigenvalue weighted by atomic mass is 14.8. The zero-order chi connectivity index (χ0) is 14.8. The molecule has 0 radical (unpaired) electrons. The number of hydrogen-bond acceptors (Lipinski definition) is 3. The Morgan fingerprint density at radius 1 is 1.10 bits per heavy atom. The van der Waals surface area contributed by atoms with Crippen LogP contribution in [-0.4, -0.2) is 9.97 Å². The normalized spacial score (nSPS) is 12.5. The number of nitrogens with zero attached hydrogens (tertiary/aromatic N) is 2. The van der Waals surface area contributed by atoms with E-state index in [1.165, 1.54) is 10.9 Å². The lowest BCUT2D eigenvalue weighted by atomic mass is 9.98. The van der Waals surface area contributed by atoms with Crippen LogP contribution in [0.2, 0.25) is 0 Å². The van der Waals surface area contributed by atoms with Crippen LogP contribution in [0.5, 0.6) is 0 Å². The van der Waals surface area contributed by atoms with E-state index in [1.807, 2.05) is 43.6 Å². The minimum atomic E-state index is -0.101. The fourth-order valence-electron chi connectivity index (χ4n) is 2.78. The van der Waals surface area contributed by atoms with Crippen LogP contribution in [0.1, 0.15) is 28.4 Å². The van der Waals surface area contributed by atoms with Gasteiger partial charge in [-0.05, 0) is 49.1 Å². The van der Waals surface area contributed by atoms with Gasteiger partial charge in [-0.1, -0.05) is 24.3 Å². The van der Waals surface area contributed by atoms with Crippen LogP contribution in [-0.2, 0) is 6.42 Å². The van der Waals surface area contributed by atoms with Gasteiger partial charge in [0, 0.05) is 17.8 Å². The Kier molecular flexibility index (Phi) is 3.67. The Balaban J connectivity index is 1.94. The second-order valence-electron chi connectivity index (χ2n) is 5.51. The first kappa shape index (κ1) is 13.7. The van der Waals surface area contributed by atoms with Gasteiger partial charge in [0.25, 0.3) is 0 Å². The molecule has 1 atom stereocenters. The molecule has 3 rings (SSSR count). The van der Waals surface area contributed by atoms with Gasteiger partial charge in [-0.2, -0.15) is 0 Å². The van der Waals surface area contributed by atoms with Crippen molar-refractivity contribution in [1.82, 2.24) is 9.97 Å². The molecule has 3 heteroatoms. The first-order chi connectivity index (χ1) is 10.1. The van der Waals surface area contributed by atoms with Gasteiger partial charge in [0.15, 0.2) is 0 Å². The highest BCUT2D eigenvalue weighted by Crippen LogP contribution is 2.23.